The summed E-state index contributed by atoms with van der Waals surface area (Å²) < 4.78 is 5.93. The van der Waals surface area contributed by atoms with Gasteiger partial charge in [0.25, 0.3) is 0 Å². The maximum absolute atomic E-state index is 9.33. The minimum atomic E-state index is -0.216. The lowest BCUT2D eigenvalue weighted by Crippen LogP contribution is -2.46. The Morgan fingerprint density at radius 1 is 1.35 bits per heavy atom. The quantitative estimate of drug-likeness (QED) is 0.721. The van der Waals surface area contributed by atoms with Crippen molar-refractivity contribution >= 4 is 0 Å². The predicted octanol–water partition coefficient (Wildman–Crippen LogP) is 2.33. The van der Waals surface area contributed by atoms with Crippen LogP contribution in [-0.4, -0.2) is 37.0 Å². The van der Waals surface area contributed by atoms with Gasteiger partial charge in [-0.15, -0.1) is 0 Å². The first-order valence-corrected chi connectivity index (χ1v) is 7.01. The standard InChI is InChI=1S/C14H29NO2/c1-12(9-14(2,11-16)15-3)17-10-13-7-5-4-6-8-13/h12-13,15-16H,4-11H2,1-3H3. The average Bonchev–Trinajstić information content (AvgIpc) is 2.37. The molecule has 0 aromatic heterocycles. The zero-order valence-electron chi connectivity index (χ0n) is 11.7. The fourth-order valence-corrected chi connectivity index (χ4v) is 2.59. The zero-order chi connectivity index (χ0) is 12.7. The summed E-state index contributed by atoms with van der Waals surface area (Å²) in [5.41, 5.74) is -0.216. The molecule has 17 heavy (non-hydrogen) atoms. The molecule has 3 nitrogen and oxygen atoms in total. The highest BCUT2D eigenvalue weighted by Crippen LogP contribution is 2.24. The first-order chi connectivity index (χ1) is 8.09. The van der Waals surface area contributed by atoms with Crippen LogP contribution in [0.5, 0.6) is 0 Å². The van der Waals surface area contributed by atoms with E-state index < -0.39 is 0 Å². The summed E-state index contributed by atoms with van der Waals surface area (Å²) in [4.78, 5) is 0. The van der Waals surface area contributed by atoms with Crippen LogP contribution in [0.2, 0.25) is 0 Å². The predicted molar refractivity (Wildman–Crippen MR) is 71.2 cm³/mol. The highest BCUT2D eigenvalue weighted by molar-refractivity contribution is 4.83. The molecular weight excluding hydrogens is 214 g/mol. The minimum absolute atomic E-state index is 0.153. The first kappa shape index (κ1) is 14.9. The summed E-state index contributed by atoms with van der Waals surface area (Å²) in [5, 5.41) is 12.5. The zero-order valence-corrected chi connectivity index (χ0v) is 11.7. The van der Waals surface area contributed by atoms with Crippen molar-refractivity contribution in [1.82, 2.24) is 5.32 Å². The van der Waals surface area contributed by atoms with Crippen molar-refractivity contribution < 1.29 is 9.84 Å². The molecule has 0 amide bonds. The van der Waals surface area contributed by atoms with E-state index in [1.165, 1.54) is 32.1 Å². The second-order valence-corrected chi connectivity index (χ2v) is 5.82. The van der Waals surface area contributed by atoms with Crippen molar-refractivity contribution in [3.05, 3.63) is 0 Å². The summed E-state index contributed by atoms with van der Waals surface area (Å²) in [5.74, 6) is 0.765. The molecule has 0 heterocycles. The van der Waals surface area contributed by atoms with E-state index in [0.29, 0.717) is 0 Å². The van der Waals surface area contributed by atoms with Crippen LogP contribution in [0.4, 0.5) is 0 Å². The molecule has 2 atom stereocenters. The lowest BCUT2D eigenvalue weighted by Gasteiger charge is -2.31. The van der Waals surface area contributed by atoms with Gasteiger partial charge in [-0.1, -0.05) is 19.3 Å². The number of rotatable bonds is 7. The maximum Gasteiger partial charge on any atom is 0.0611 e. The molecular formula is C14H29NO2. The number of likely N-dealkylation sites (N-methyl/N-ethyl adjacent to an activating group) is 1. The van der Waals surface area contributed by atoms with Gasteiger partial charge in [0.15, 0.2) is 0 Å². The minimum Gasteiger partial charge on any atom is -0.394 e. The molecule has 102 valence electrons. The first-order valence-electron chi connectivity index (χ1n) is 7.01. The van der Waals surface area contributed by atoms with Crippen molar-refractivity contribution in [2.45, 2.75) is 64.0 Å². The van der Waals surface area contributed by atoms with Crippen LogP contribution in [0.15, 0.2) is 0 Å². The Morgan fingerprint density at radius 3 is 2.53 bits per heavy atom. The smallest absolute Gasteiger partial charge is 0.0611 e. The van der Waals surface area contributed by atoms with E-state index in [1.807, 2.05) is 14.0 Å². The molecule has 0 spiro atoms. The third kappa shape index (κ3) is 5.36. The highest BCUT2D eigenvalue weighted by atomic mass is 16.5. The van der Waals surface area contributed by atoms with Gasteiger partial charge >= 0.3 is 0 Å². The van der Waals surface area contributed by atoms with E-state index in [9.17, 15) is 5.11 Å². The molecule has 0 bridgehead atoms. The van der Waals surface area contributed by atoms with E-state index in [0.717, 1.165) is 18.9 Å². The second kappa shape index (κ2) is 7.34. The van der Waals surface area contributed by atoms with E-state index in [-0.39, 0.29) is 18.2 Å². The van der Waals surface area contributed by atoms with Gasteiger partial charge in [-0.25, -0.2) is 0 Å². The highest BCUT2D eigenvalue weighted by Gasteiger charge is 2.24. The number of hydrogen-bond donors (Lipinski definition) is 2. The largest absolute Gasteiger partial charge is 0.394 e. The van der Waals surface area contributed by atoms with E-state index in [2.05, 4.69) is 12.2 Å². The lowest BCUT2D eigenvalue weighted by molar-refractivity contribution is 0.00518. The number of nitrogens with one attached hydrogen (secondary N) is 1. The van der Waals surface area contributed by atoms with Gasteiger partial charge in [0.1, 0.15) is 0 Å². The molecule has 1 aliphatic carbocycles. The molecule has 1 saturated carbocycles. The van der Waals surface area contributed by atoms with Crippen LogP contribution in [0.1, 0.15) is 52.4 Å². The van der Waals surface area contributed by atoms with Crippen molar-refractivity contribution in [3.8, 4) is 0 Å². The molecule has 2 N–H and O–H groups in total. The lowest BCUT2D eigenvalue weighted by atomic mass is 9.90. The van der Waals surface area contributed by atoms with Crippen LogP contribution in [0.25, 0.3) is 0 Å². The maximum atomic E-state index is 9.33. The monoisotopic (exact) mass is 243 g/mol. The van der Waals surface area contributed by atoms with Gasteiger partial charge in [0.05, 0.1) is 12.7 Å². The van der Waals surface area contributed by atoms with Gasteiger partial charge < -0.3 is 15.2 Å². The molecule has 0 aromatic carbocycles. The Hall–Kier alpha value is -0.120. The molecule has 0 aliphatic heterocycles. The third-order valence-corrected chi connectivity index (χ3v) is 4.03. The fraction of sp³-hybridized carbons (Fsp3) is 1.00. The number of ether oxygens (including phenoxy) is 1. The Balaban J connectivity index is 2.21. The van der Waals surface area contributed by atoms with Gasteiger partial charge in [-0.05, 0) is 46.1 Å². The normalized spacial score (nSPS) is 23.3. The van der Waals surface area contributed by atoms with Crippen LogP contribution in [0, 0.1) is 5.92 Å². The van der Waals surface area contributed by atoms with Crippen LogP contribution < -0.4 is 5.32 Å². The molecule has 1 aliphatic rings. The molecule has 0 saturated heterocycles. The van der Waals surface area contributed by atoms with Crippen molar-refractivity contribution in [2.24, 2.45) is 5.92 Å². The topological polar surface area (TPSA) is 41.5 Å². The van der Waals surface area contributed by atoms with Crippen LogP contribution in [0.3, 0.4) is 0 Å². The molecule has 1 fully saturated rings. The molecule has 0 radical (unpaired) electrons. The van der Waals surface area contributed by atoms with Crippen LogP contribution in [-0.2, 0) is 4.74 Å². The van der Waals surface area contributed by atoms with Crippen LogP contribution >= 0.6 is 0 Å². The number of aliphatic hydroxyl groups is 1. The van der Waals surface area contributed by atoms with E-state index >= 15 is 0 Å². The van der Waals surface area contributed by atoms with Gasteiger partial charge in [-0.2, -0.15) is 0 Å². The van der Waals surface area contributed by atoms with Crippen molar-refractivity contribution in [1.29, 1.82) is 0 Å². The summed E-state index contributed by atoms with van der Waals surface area (Å²) in [6.07, 6.45) is 7.86. The van der Waals surface area contributed by atoms with Gasteiger partial charge in [-0.3, -0.25) is 0 Å². The SMILES string of the molecule is CNC(C)(CO)CC(C)OCC1CCCCC1. The summed E-state index contributed by atoms with van der Waals surface area (Å²) in [6, 6.07) is 0. The van der Waals surface area contributed by atoms with Crippen molar-refractivity contribution in [2.75, 3.05) is 20.3 Å². The van der Waals surface area contributed by atoms with Crippen molar-refractivity contribution in [3.63, 3.8) is 0 Å². The Kier molecular flexibility index (Phi) is 6.45. The third-order valence-electron chi connectivity index (χ3n) is 4.03. The second-order valence-electron chi connectivity index (χ2n) is 5.82. The molecule has 2 unspecified atom stereocenters. The Labute approximate surface area is 106 Å². The van der Waals surface area contributed by atoms with E-state index in [1.54, 1.807) is 0 Å². The number of hydrogen-bond acceptors (Lipinski definition) is 3. The molecule has 0 aromatic rings. The Bertz CT molecular complexity index is 198. The Morgan fingerprint density at radius 2 is 2.00 bits per heavy atom. The molecule has 1 rings (SSSR count). The average molecular weight is 243 g/mol. The summed E-state index contributed by atoms with van der Waals surface area (Å²) in [7, 11) is 1.89. The number of aliphatic hydroxyl groups excluding tert-OH is 1. The van der Waals surface area contributed by atoms with Gasteiger partial charge in [0.2, 0.25) is 0 Å². The van der Waals surface area contributed by atoms with Gasteiger partial charge in [0, 0.05) is 12.1 Å². The fourth-order valence-electron chi connectivity index (χ4n) is 2.59. The molecule has 3 heteroatoms. The van der Waals surface area contributed by atoms with E-state index in [4.69, 9.17) is 4.74 Å². The summed E-state index contributed by atoms with van der Waals surface area (Å²) >= 11 is 0. The summed E-state index contributed by atoms with van der Waals surface area (Å²) in [6.45, 7) is 5.19.